The lowest BCUT2D eigenvalue weighted by atomic mass is 10.4. The number of methoxy groups -OCH3 is 1. The Hall–Kier alpha value is -1.73. The van der Waals surface area contributed by atoms with Crippen LogP contribution in [0.2, 0.25) is 5.15 Å². The number of hydrogen-bond donors (Lipinski definition) is 1. The first kappa shape index (κ1) is 12.7. The highest BCUT2D eigenvalue weighted by atomic mass is 35.5. The van der Waals surface area contributed by atoms with E-state index in [0.29, 0.717) is 11.7 Å². The molecule has 0 unspecified atom stereocenters. The standard InChI is InChI=1S/C10H9ClN4O2S/c1-17-9(16)7-8(11)15-10(18-7)13-4-6-2-3-12-5-14-6/h2-3,5H,4H2,1H3,(H,13,15). The maximum Gasteiger partial charge on any atom is 0.351 e. The van der Waals surface area contributed by atoms with E-state index in [1.807, 2.05) is 0 Å². The Bertz CT molecular complexity index is 546. The van der Waals surface area contributed by atoms with Gasteiger partial charge in [-0.15, -0.1) is 0 Å². The minimum atomic E-state index is -0.493. The molecule has 0 aliphatic rings. The molecule has 2 aromatic heterocycles. The van der Waals surface area contributed by atoms with Gasteiger partial charge in [-0.1, -0.05) is 22.9 Å². The van der Waals surface area contributed by atoms with Crippen molar-refractivity contribution in [2.45, 2.75) is 6.54 Å². The Balaban J connectivity index is 2.05. The molecule has 18 heavy (non-hydrogen) atoms. The van der Waals surface area contributed by atoms with Crippen molar-refractivity contribution in [2.75, 3.05) is 12.4 Å². The number of nitrogens with one attached hydrogen (secondary N) is 1. The summed E-state index contributed by atoms with van der Waals surface area (Å²) < 4.78 is 4.59. The van der Waals surface area contributed by atoms with E-state index >= 15 is 0 Å². The second-order valence-electron chi connectivity index (χ2n) is 3.18. The second kappa shape index (κ2) is 5.74. The minimum Gasteiger partial charge on any atom is -0.465 e. The first-order valence-corrected chi connectivity index (χ1v) is 6.13. The van der Waals surface area contributed by atoms with Crippen molar-refractivity contribution in [3.8, 4) is 0 Å². The molecule has 0 saturated heterocycles. The predicted octanol–water partition coefficient (Wildman–Crippen LogP) is 1.99. The number of aromatic nitrogens is 3. The number of thiazole rings is 1. The average Bonchev–Trinajstić information content (AvgIpc) is 2.78. The zero-order valence-corrected chi connectivity index (χ0v) is 11.0. The monoisotopic (exact) mass is 284 g/mol. The number of ether oxygens (including phenoxy) is 1. The van der Waals surface area contributed by atoms with Crippen LogP contribution in [0.25, 0.3) is 0 Å². The van der Waals surface area contributed by atoms with Gasteiger partial charge in [0, 0.05) is 6.20 Å². The molecular weight excluding hydrogens is 276 g/mol. The summed E-state index contributed by atoms with van der Waals surface area (Å²) >= 11 is 6.97. The number of anilines is 1. The molecule has 94 valence electrons. The Labute approximate surface area is 112 Å². The van der Waals surface area contributed by atoms with Crippen LogP contribution < -0.4 is 5.32 Å². The van der Waals surface area contributed by atoms with E-state index in [1.54, 1.807) is 12.3 Å². The second-order valence-corrected chi connectivity index (χ2v) is 4.54. The van der Waals surface area contributed by atoms with E-state index in [-0.39, 0.29) is 10.0 Å². The molecule has 0 aromatic carbocycles. The van der Waals surface area contributed by atoms with Gasteiger partial charge in [-0.05, 0) is 6.07 Å². The molecule has 0 saturated carbocycles. The predicted molar refractivity (Wildman–Crippen MR) is 67.8 cm³/mol. The Morgan fingerprint density at radius 2 is 2.44 bits per heavy atom. The van der Waals surface area contributed by atoms with Crippen molar-refractivity contribution in [1.82, 2.24) is 15.0 Å². The number of nitrogens with zero attached hydrogens (tertiary/aromatic N) is 3. The average molecular weight is 285 g/mol. The molecule has 0 fully saturated rings. The van der Waals surface area contributed by atoms with E-state index in [0.717, 1.165) is 17.0 Å². The van der Waals surface area contributed by atoms with E-state index in [4.69, 9.17) is 11.6 Å². The lowest BCUT2D eigenvalue weighted by Gasteiger charge is -2.00. The van der Waals surface area contributed by atoms with Gasteiger partial charge in [0.2, 0.25) is 0 Å². The van der Waals surface area contributed by atoms with Gasteiger partial charge in [0.15, 0.2) is 15.2 Å². The maximum absolute atomic E-state index is 11.3. The summed E-state index contributed by atoms with van der Waals surface area (Å²) in [6.45, 7) is 0.479. The third-order valence-corrected chi connectivity index (χ3v) is 3.40. The number of halogens is 1. The molecule has 6 nitrogen and oxygen atoms in total. The molecule has 0 amide bonds. The third-order valence-electron chi connectivity index (χ3n) is 2.02. The highest BCUT2D eigenvalue weighted by Crippen LogP contribution is 2.27. The smallest absolute Gasteiger partial charge is 0.351 e. The molecule has 8 heteroatoms. The van der Waals surface area contributed by atoms with E-state index < -0.39 is 5.97 Å². The summed E-state index contributed by atoms with van der Waals surface area (Å²) in [6, 6.07) is 1.78. The van der Waals surface area contributed by atoms with Gasteiger partial charge < -0.3 is 10.1 Å². The van der Waals surface area contributed by atoms with Crippen LogP contribution >= 0.6 is 22.9 Å². The highest BCUT2D eigenvalue weighted by molar-refractivity contribution is 7.18. The summed E-state index contributed by atoms with van der Waals surface area (Å²) in [5, 5.41) is 3.70. The highest BCUT2D eigenvalue weighted by Gasteiger charge is 2.17. The van der Waals surface area contributed by atoms with Crippen LogP contribution in [0.3, 0.4) is 0 Å². The lowest BCUT2D eigenvalue weighted by molar-refractivity contribution is 0.0606. The largest absolute Gasteiger partial charge is 0.465 e. The van der Waals surface area contributed by atoms with E-state index in [2.05, 4.69) is 25.0 Å². The Morgan fingerprint density at radius 3 is 3.11 bits per heavy atom. The van der Waals surface area contributed by atoms with E-state index in [9.17, 15) is 4.79 Å². The van der Waals surface area contributed by atoms with Crippen molar-refractivity contribution < 1.29 is 9.53 Å². The van der Waals surface area contributed by atoms with Gasteiger partial charge in [-0.2, -0.15) is 0 Å². The summed E-state index contributed by atoms with van der Waals surface area (Å²) in [4.78, 5) is 23.5. The molecule has 2 aromatic rings. The number of esters is 1. The zero-order chi connectivity index (χ0) is 13.0. The minimum absolute atomic E-state index is 0.136. The molecule has 0 atom stereocenters. The summed E-state index contributed by atoms with van der Waals surface area (Å²) in [7, 11) is 1.30. The molecule has 2 rings (SSSR count). The van der Waals surface area contributed by atoms with Gasteiger partial charge in [0.1, 0.15) is 6.33 Å². The van der Waals surface area contributed by atoms with Crippen molar-refractivity contribution in [1.29, 1.82) is 0 Å². The number of carbonyl (C=O) groups is 1. The van der Waals surface area contributed by atoms with Gasteiger partial charge >= 0.3 is 5.97 Å². The lowest BCUT2D eigenvalue weighted by Crippen LogP contribution is -2.00. The Morgan fingerprint density at radius 1 is 1.61 bits per heavy atom. The molecule has 0 bridgehead atoms. The van der Waals surface area contributed by atoms with E-state index in [1.165, 1.54) is 13.4 Å². The maximum atomic E-state index is 11.3. The molecule has 0 aliphatic heterocycles. The van der Waals surface area contributed by atoms with Crippen molar-refractivity contribution in [3.05, 3.63) is 34.3 Å². The SMILES string of the molecule is COC(=O)c1sc(NCc2ccncn2)nc1Cl. The third kappa shape index (κ3) is 2.93. The fourth-order valence-corrected chi connectivity index (χ4v) is 2.28. The first-order valence-electron chi connectivity index (χ1n) is 4.94. The van der Waals surface area contributed by atoms with Crippen LogP contribution in [0.4, 0.5) is 5.13 Å². The summed E-state index contributed by atoms with van der Waals surface area (Å²) in [6.07, 6.45) is 3.12. The number of hydrogen-bond acceptors (Lipinski definition) is 7. The van der Waals surface area contributed by atoms with Crippen LogP contribution in [-0.2, 0) is 11.3 Å². The van der Waals surface area contributed by atoms with Crippen molar-refractivity contribution in [2.24, 2.45) is 0 Å². The van der Waals surface area contributed by atoms with Gasteiger partial charge in [0.25, 0.3) is 0 Å². The Kier molecular flexibility index (Phi) is 4.06. The molecule has 0 aliphatic carbocycles. The number of rotatable bonds is 4. The molecule has 2 heterocycles. The first-order chi connectivity index (χ1) is 8.70. The molecular formula is C10H9ClN4O2S. The van der Waals surface area contributed by atoms with Gasteiger partial charge in [-0.3, -0.25) is 0 Å². The molecule has 1 N–H and O–H groups in total. The van der Waals surface area contributed by atoms with Crippen LogP contribution in [-0.4, -0.2) is 28.0 Å². The van der Waals surface area contributed by atoms with Crippen LogP contribution in [0.5, 0.6) is 0 Å². The molecule has 0 radical (unpaired) electrons. The quantitative estimate of drug-likeness (QED) is 0.865. The zero-order valence-electron chi connectivity index (χ0n) is 9.38. The van der Waals surface area contributed by atoms with Crippen LogP contribution in [0.15, 0.2) is 18.6 Å². The topological polar surface area (TPSA) is 77.0 Å². The normalized spacial score (nSPS) is 10.1. The molecule has 0 spiro atoms. The van der Waals surface area contributed by atoms with Crippen LogP contribution in [0.1, 0.15) is 15.4 Å². The van der Waals surface area contributed by atoms with Crippen LogP contribution in [0, 0.1) is 0 Å². The van der Waals surface area contributed by atoms with Crippen molar-refractivity contribution >= 4 is 34.0 Å². The summed E-state index contributed by atoms with van der Waals surface area (Å²) in [5.41, 5.74) is 0.816. The fraction of sp³-hybridized carbons (Fsp3) is 0.200. The fourth-order valence-electron chi connectivity index (χ4n) is 1.18. The van der Waals surface area contributed by atoms with Crippen molar-refractivity contribution in [3.63, 3.8) is 0 Å². The van der Waals surface area contributed by atoms with Gasteiger partial charge in [-0.25, -0.2) is 19.7 Å². The summed E-state index contributed by atoms with van der Waals surface area (Å²) in [5.74, 6) is -0.493. The van der Waals surface area contributed by atoms with Gasteiger partial charge in [0.05, 0.1) is 19.3 Å². The number of carbonyl (C=O) groups excluding carboxylic acids is 1.